The van der Waals surface area contributed by atoms with Crippen molar-refractivity contribution in [3.63, 3.8) is 0 Å². The lowest BCUT2D eigenvalue weighted by Crippen LogP contribution is -2.29. The quantitative estimate of drug-likeness (QED) is 0.512. The number of benzene rings is 1. The Morgan fingerprint density at radius 1 is 1.17 bits per heavy atom. The van der Waals surface area contributed by atoms with Gasteiger partial charge in [-0.2, -0.15) is 5.10 Å². The van der Waals surface area contributed by atoms with E-state index in [1.165, 1.54) is 17.1 Å². The van der Waals surface area contributed by atoms with Crippen LogP contribution in [-0.2, 0) is 11.3 Å². The minimum absolute atomic E-state index is 0.132. The summed E-state index contributed by atoms with van der Waals surface area (Å²) in [7, 11) is 0. The highest BCUT2D eigenvalue weighted by Crippen LogP contribution is 2.19. The second-order valence-electron chi connectivity index (χ2n) is 6.22. The number of aliphatic hydroxyl groups excluding tert-OH is 2. The van der Waals surface area contributed by atoms with E-state index in [1.807, 2.05) is 30.3 Å². The number of aliphatic hydroxyl groups is 2. The lowest BCUT2D eigenvalue weighted by Gasteiger charge is -2.16. The maximum atomic E-state index is 11.7. The van der Waals surface area contributed by atoms with E-state index in [4.69, 9.17) is 16.3 Å². The molecule has 0 bridgehead atoms. The number of aromatic nitrogens is 4. The van der Waals surface area contributed by atoms with Gasteiger partial charge in [-0.25, -0.2) is 9.48 Å². The van der Waals surface area contributed by atoms with E-state index in [9.17, 15) is 15.0 Å². The number of nitrogens with zero attached hydrogens (tertiary/aromatic N) is 4. The number of amides is 1. The summed E-state index contributed by atoms with van der Waals surface area (Å²) in [6.07, 6.45) is 0.223. The van der Waals surface area contributed by atoms with Crippen LogP contribution in [0.2, 0.25) is 5.15 Å². The molecule has 152 valence electrons. The first-order valence-electron chi connectivity index (χ1n) is 8.88. The number of rotatable bonds is 8. The Bertz CT molecular complexity index is 920. The van der Waals surface area contributed by atoms with Gasteiger partial charge in [-0.05, 0) is 24.1 Å². The molecule has 3 rings (SSSR count). The zero-order valence-corrected chi connectivity index (χ0v) is 16.1. The maximum absolute atomic E-state index is 11.7. The Hall–Kier alpha value is -3.01. The SMILES string of the molecule is O=C(NCCC(O)C(O)c1cnn(-c2ccc(Cl)nn2)c1)OCc1ccccc1. The minimum Gasteiger partial charge on any atom is -0.445 e. The van der Waals surface area contributed by atoms with E-state index in [-0.39, 0.29) is 24.7 Å². The van der Waals surface area contributed by atoms with E-state index in [1.54, 1.807) is 12.1 Å². The van der Waals surface area contributed by atoms with Crippen molar-refractivity contribution < 1.29 is 19.7 Å². The van der Waals surface area contributed by atoms with Crippen molar-refractivity contribution in [3.8, 4) is 5.82 Å². The first-order valence-corrected chi connectivity index (χ1v) is 9.25. The molecule has 0 aliphatic heterocycles. The van der Waals surface area contributed by atoms with Crippen LogP contribution in [0.3, 0.4) is 0 Å². The Labute approximate surface area is 171 Å². The van der Waals surface area contributed by atoms with Gasteiger partial charge in [0.05, 0.1) is 12.3 Å². The van der Waals surface area contributed by atoms with Crippen LogP contribution in [0.15, 0.2) is 54.9 Å². The molecule has 29 heavy (non-hydrogen) atoms. The van der Waals surface area contributed by atoms with Crippen molar-refractivity contribution in [3.05, 3.63) is 71.1 Å². The molecule has 2 heterocycles. The molecule has 0 saturated heterocycles. The van der Waals surface area contributed by atoms with Crippen LogP contribution < -0.4 is 5.32 Å². The van der Waals surface area contributed by atoms with Gasteiger partial charge < -0.3 is 20.3 Å². The lowest BCUT2D eigenvalue weighted by atomic mass is 10.1. The summed E-state index contributed by atoms with van der Waals surface area (Å²) in [5, 5.41) is 35.0. The van der Waals surface area contributed by atoms with Gasteiger partial charge in [0.15, 0.2) is 11.0 Å². The zero-order chi connectivity index (χ0) is 20.6. The summed E-state index contributed by atoms with van der Waals surface area (Å²) in [5.41, 5.74) is 1.28. The van der Waals surface area contributed by atoms with Gasteiger partial charge in [-0.1, -0.05) is 41.9 Å². The van der Waals surface area contributed by atoms with E-state index in [2.05, 4.69) is 20.6 Å². The predicted molar refractivity (Wildman–Crippen MR) is 104 cm³/mol. The lowest BCUT2D eigenvalue weighted by molar-refractivity contribution is 0.0136. The molecule has 3 N–H and O–H groups in total. The fourth-order valence-electron chi connectivity index (χ4n) is 2.52. The molecule has 1 amide bonds. The van der Waals surface area contributed by atoms with Gasteiger partial charge in [-0.15, -0.1) is 10.2 Å². The van der Waals surface area contributed by atoms with Crippen LogP contribution in [0, 0.1) is 0 Å². The Morgan fingerprint density at radius 2 is 1.97 bits per heavy atom. The van der Waals surface area contributed by atoms with Crippen LogP contribution in [0.25, 0.3) is 5.82 Å². The third-order valence-electron chi connectivity index (χ3n) is 4.08. The number of hydrogen-bond acceptors (Lipinski definition) is 7. The molecule has 2 unspecified atom stereocenters. The first-order chi connectivity index (χ1) is 14.0. The summed E-state index contributed by atoms with van der Waals surface area (Å²) in [5.74, 6) is 0.421. The molecule has 0 aliphatic carbocycles. The molecule has 1 aromatic carbocycles. The number of nitrogens with one attached hydrogen (secondary N) is 1. The highest BCUT2D eigenvalue weighted by Gasteiger charge is 2.20. The minimum atomic E-state index is -1.17. The molecule has 0 aliphatic rings. The second-order valence-corrected chi connectivity index (χ2v) is 6.61. The number of alkyl carbamates (subject to hydrolysis) is 1. The molecule has 3 aromatic rings. The summed E-state index contributed by atoms with van der Waals surface area (Å²) >= 11 is 5.70. The van der Waals surface area contributed by atoms with Crippen molar-refractivity contribution in [2.24, 2.45) is 0 Å². The average Bonchev–Trinajstić information content (AvgIpc) is 3.23. The van der Waals surface area contributed by atoms with Crippen LogP contribution in [0.1, 0.15) is 23.7 Å². The van der Waals surface area contributed by atoms with Crippen molar-refractivity contribution in [2.45, 2.75) is 25.2 Å². The number of hydrogen-bond donors (Lipinski definition) is 3. The van der Waals surface area contributed by atoms with Gasteiger partial charge in [0.1, 0.15) is 12.7 Å². The topological polar surface area (TPSA) is 122 Å². The molecule has 9 nitrogen and oxygen atoms in total. The van der Waals surface area contributed by atoms with Crippen molar-refractivity contribution in [2.75, 3.05) is 6.54 Å². The molecule has 2 aromatic heterocycles. The summed E-state index contributed by atoms with van der Waals surface area (Å²) < 4.78 is 6.50. The van der Waals surface area contributed by atoms with Crippen LogP contribution >= 0.6 is 11.6 Å². The van der Waals surface area contributed by atoms with Gasteiger partial charge in [0, 0.05) is 18.3 Å². The van der Waals surface area contributed by atoms with Crippen molar-refractivity contribution in [1.29, 1.82) is 0 Å². The summed E-state index contributed by atoms with van der Waals surface area (Å²) in [6.45, 7) is 0.299. The fourth-order valence-corrected chi connectivity index (χ4v) is 2.62. The summed E-state index contributed by atoms with van der Waals surface area (Å²) in [4.78, 5) is 11.7. The first kappa shape index (κ1) is 20.7. The standard InChI is InChI=1S/C19H20ClN5O4/c20-16-6-7-17(24-23-16)25-11-14(10-22-25)18(27)15(26)8-9-21-19(28)29-12-13-4-2-1-3-5-13/h1-7,10-11,15,18,26-27H,8-9,12H2,(H,21,28). The van der Waals surface area contributed by atoms with Crippen molar-refractivity contribution in [1.82, 2.24) is 25.3 Å². The monoisotopic (exact) mass is 417 g/mol. The molecule has 0 saturated carbocycles. The number of ether oxygens (including phenoxy) is 1. The largest absolute Gasteiger partial charge is 0.445 e. The Kier molecular flexibility index (Phi) is 7.12. The molecule has 0 radical (unpaired) electrons. The third-order valence-corrected chi connectivity index (χ3v) is 4.28. The number of carbonyl (C=O) groups excluding carboxylic acids is 1. The zero-order valence-electron chi connectivity index (χ0n) is 15.3. The predicted octanol–water partition coefficient (Wildman–Crippen LogP) is 2.03. The maximum Gasteiger partial charge on any atom is 0.407 e. The van der Waals surface area contributed by atoms with E-state index >= 15 is 0 Å². The highest BCUT2D eigenvalue weighted by molar-refractivity contribution is 6.29. The van der Waals surface area contributed by atoms with Gasteiger partial charge in [0.25, 0.3) is 0 Å². The number of carbonyl (C=O) groups is 1. The third kappa shape index (κ3) is 5.98. The van der Waals surface area contributed by atoms with E-state index in [0.717, 1.165) is 5.56 Å². The molecule has 2 atom stereocenters. The van der Waals surface area contributed by atoms with Crippen LogP contribution in [0.4, 0.5) is 4.79 Å². The molecule has 10 heteroatoms. The molecular formula is C19H20ClN5O4. The van der Waals surface area contributed by atoms with Gasteiger partial charge >= 0.3 is 6.09 Å². The van der Waals surface area contributed by atoms with Crippen LogP contribution in [-0.4, -0.2) is 48.9 Å². The van der Waals surface area contributed by atoms with E-state index < -0.39 is 18.3 Å². The molecular weight excluding hydrogens is 398 g/mol. The van der Waals surface area contributed by atoms with Crippen LogP contribution in [0.5, 0.6) is 0 Å². The Balaban J connectivity index is 1.44. The Morgan fingerprint density at radius 3 is 2.69 bits per heavy atom. The normalized spacial score (nSPS) is 12.9. The highest BCUT2D eigenvalue weighted by atomic mass is 35.5. The number of halogens is 1. The average molecular weight is 418 g/mol. The molecule has 0 spiro atoms. The summed E-state index contributed by atoms with van der Waals surface area (Å²) in [6, 6.07) is 12.5. The van der Waals surface area contributed by atoms with Gasteiger partial charge in [0.2, 0.25) is 0 Å². The van der Waals surface area contributed by atoms with Crippen molar-refractivity contribution >= 4 is 17.7 Å². The van der Waals surface area contributed by atoms with E-state index in [0.29, 0.717) is 11.4 Å². The smallest absolute Gasteiger partial charge is 0.407 e. The molecule has 0 fully saturated rings. The van der Waals surface area contributed by atoms with Gasteiger partial charge in [-0.3, -0.25) is 0 Å². The second kappa shape index (κ2) is 9.97. The fraction of sp³-hybridized carbons (Fsp3) is 0.263.